The van der Waals surface area contributed by atoms with Crippen molar-refractivity contribution in [3.63, 3.8) is 0 Å². The molecule has 3 rings (SSSR count). The molecule has 1 fully saturated rings. The fraction of sp³-hybridized carbons (Fsp3) is 0.364. The second kappa shape index (κ2) is 3.87. The molecule has 0 saturated carbocycles. The molecule has 0 spiro atoms. The number of rotatable bonds is 2. The summed E-state index contributed by atoms with van der Waals surface area (Å²) in [5.41, 5.74) is 5.77. The monoisotopic (exact) mass is 267 g/mol. The first kappa shape index (κ1) is 11.8. The van der Waals surface area contributed by atoms with Crippen molar-refractivity contribution in [2.45, 2.75) is 12.3 Å². The Morgan fingerprint density at radius 2 is 2.21 bits per heavy atom. The van der Waals surface area contributed by atoms with Crippen molar-refractivity contribution in [3.8, 4) is 0 Å². The maximum atomic E-state index is 13.2. The highest BCUT2D eigenvalue weighted by Gasteiger charge is 2.38. The zero-order valence-corrected chi connectivity index (χ0v) is 9.88. The van der Waals surface area contributed by atoms with E-state index < -0.39 is 11.8 Å². The number of hydrogen-bond acceptors (Lipinski definition) is 4. The van der Waals surface area contributed by atoms with Gasteiger partial charge in [-0.1, -0.05) is 0 Å². The molecule has 8 heteroatoms. The fourth-order valence-corrected chi connectivity index (χ4v) is 2.13. The lowest BCUT2D eigenvalue weighted by Gasteiger charge is -2.16. The first-order valence-electron chi connectivity index (χ1n) is 5.74. The normalized spacial score (nSPS) is 18.1. The largest absolute Gasteiger partial charge is 0.364 e. The van der Waals surface area contributed by atoms with Gasteiger partial charge in [0.1, 0.15) is 11.5 Å². The van der Waals surface area contributed by atoms with Gasteiger partial charge in [0.05, 0.1) is 12.7 Å². The average molecular weight is 267 g/mol. The van der Waals surface area contributed by atoms with E-state index in [1.54, 1.807) is 12.1 Å². The number of aromatic nitrogens is 3. The van der Waals surface area contributed by atoms with E-state index in [0.717, 1.165) is 0 Å². The minimum absolute atomic E-state index is 0.128. The number of fused-ring (bicyclic) bond motifs is 1. The Bertz CT molecular complexity index is 654. The quantitative estimate of drug-likeness (QED) is 0.867. The number of primary amides is 1. The van der Waals surface area contributed by atoms with Crippen LogP contribution < -0.4 is 10.6 Å². The second-order valence-corrected chi connectivity index (χ2v) is 4.50. The SMILES string of the molecule is NC(=O)c1cnc2ccc(N3CCC(F)(F)C3)nn12. The maximum Gasteiger partial charge on any atom is 0.269 e. The molecule has 100 valence electrons. The third kappa shape index (κ3) is 1.98. The molecule has 19 heavy (non-hydrogen) atoms. The summed E-state index contributed by atoms with van der Waals surface area (Å²) in [5.74, 6) is -2.98. The van der Waals surface area contributed by atoms with Gasteiger partial charge in [-0.3, -0.25) is 4.79 Å². The summed E-state index contributed by atoms with van der Waals surface area (Å²) in [6.07, 6.45) is 1.12. The van der Waals surface area contributed by atoms with Crippen molar-refractivity contribution in [3.05, 3.63) is 24.0 Å². The first-order valence-corrected chi connectivity index (χ1v) is 5.74. The lowest BCUT2D eigenvalue weighted by molar-refractivity contribution is 0.0256. The number of imidazole rings is 1. The van der Waals surface area contributed by atoms with Crippen LogP contribution in [0.5, 0.6) is 0 Å². The predicted molar refractivity (Wildman–Crippen MR) is 63.3 cm³/mol. The number of nitrogens with zero attached hydrogens (tertiary/aromatic N) is 4. The van der Waals surface area contributed by atoms with Crippen LogP contribution in [0.25, 0.3) is 5.65 Å². The lowest BCUT2D eigenvalue weighted by Crippen LogP contribution is -2.26. The van der Waals surface area contributed by atoms with E-state index in [1.165, 1.54) is 15.6 Å². The van der Waals surface area contributed by atoms with Crippen molar-refractivity contribution >= 4 is 17.4 Å². The van der Waals surface area contributed by atoms with E-state index in [0.29, 0.717) is 11.5 Å². The van der Waals surface area contributed by atoms with Gasteiger partial charge in [0.2, 0.25) is 0 Å². The first-order chi connectivity index (χ1) is 8.96. The lowest BCUT2D eigenvalue weighted by atomic mass is 10.3. The molecule has 6 nitrogen and oxygen atoms in total. The predicted octanol–water partition coefficient (Wildman–Crippen LogP) is 0.674. The maximum absolute atomic E-state index is 13.2. The molecule has 1 saturated heterocycles. The Balaban J connectivity index is 2.01. The van der Waals surface area contributed by atoms with Crippen LogP contribution in [0.3, 0.4) is 0 Å². The third-order valence-corrected chi connectivity index (χ3v) is 3.09. The minimum Gasteiger partial charge on any atom is -0.364 e. The van der Waals surface area contributed by atoms with Crippen LogP contribution in [0.2, 0.25) is 0 Å². The molecule has 1 amide bonds. The Labute approximate surface area is 106 Å². The molecule has 0 unspecified atom stereocenters. The molecule has 2 aromatic rings. The van der Waals surface area contributed by atoms with Crippen LogP contribution in [0, 0.1) is 0 Å². The van der Waals surface area contributed by atoms with E-state index in [2.05, 4.69) is 10.1 Å². The Morgan fingerprint density at radius 3 is 2.84 bits per heavy atom. The summed E-state index contributed by atoms with van der Waals surface area (Å²) in [5, 5.41) is 4.15. The average Bonchev–Trinajstić information content (AvgIpc) is 2.91. The number of alkyl halides is 2. The molecular formula is C11H11F2N5O. The van der Waals surface area contributed by atoms with E-state index >= 15 is 0 Å². The van der Waals surface area contributed by atoms with Crippen molar-refractivity contribution < 1.29 is 13.6 Å². The van der Waals surface area contributed by atoms with Crippen LogP contribution in [0.15, 0.2) is 18.3 Å². The summed E-state index contributed by atoms with van der Waals surface area (Å²) < 4.78 is 27.6. The van der Waals surface area contributed by atoms with Gasteiger partial charge in [0.15, 0.2) is 5.65 Å². The summed E-state index contributed by atoms with van der Waals surface area (Å²) in [4.78, 5) is 16.6. The smallest absolute Gasteiger partial charge is 0.269 e. The zero-order valence-electron chi connectivity index (χ0n) is 9.88. The van der Waals surface area contributed by atoms with Crippen molar-refractivity contribution in [2.75, 3.05) is 18.0 Å². The molecule has 0 bridgehead atoms. The number of carbonyl (C=O) groups is 1. The van der Waals surface area contributed by atoms with Crippen molar-refractivity contribution in [1.29, 1.82) is 0 Å². The number of amides is 1. The Morgan fingerprint density at radius 1 is 1.42 bits per heavy atom. The highest BCUT2D eigenvalue weighted by Crippen LogP contribution is 2.29. The van der Waals surface area contributed by atoms with Gasteiger partial charge in [0, 0.05) is 13.0 Å². The highest BCUT2D eigenvalue weighted by atomic mass is 19.3. The standard InChI is InChI=1S/C11H11F2N5O/c12-11(13)3-4-17(6-11)9-2-1-8-15-5-7(10(14)19)18(8)16-9/h1-2,5H,3-4,6H2,(H2,14,19). The van der Waals surface area contributed by atoms with Crippen LogP contribution in [-0.2, 0) is 0 Å². The summed E-state index contributed by atoms with van der Waals surface area (Å²) in [7, 11) is 0. The molecule has 0 radical (unpaired) electrons. The third-order valence-electron chi connectivity index (χ3n) is 3.09. The van der Waals surface area contributed by atoms with Gasteiger partial charge in [-0.05, 0) is 12.1 Å². The Hall–Kier alpha value is -2.25. The zero-order chi connectivity index (χ0) is 13.6. The van der Waals surface area contributed by atoms with Crippen LogP contribution in [-0.4, -0.2) is 39.5 Å². The van der Waals surface area contributed by atoms with Crippen molar-refractivity contribution in [1.82, 2.24) is 14.6 Å². The minimum atomic E-state index is -2.70. The second-order valence-electron chi connectivity index (χ2n) is 4.50. The van der Waals surface area contributed by atoms with Gasteiger partial charge >= 0.3 is 0 Å². The van der Waals surface area contributed by atoms with E-state index in [9.17, 15) is 13.6 Å². The number of anilines is 1. The van der Waals surface area contributed by atoms with E-state index in [1.807, 2.05) is 0 Å². The summed E-state index contributed by atoms with van der Waals surface area (Å²) in [6, 6.07) is 3.22. The molecule has 2 aromatic heterocycles. The van der Waals surface area contributed by atoms with Gasteiger partial charge in [-0.15, -0.1) is 5.10 Å². The number of carbonyl (C=O) groups excluding carboxylic acids is 1. The van der Waals surface area contributed by atoms with Gasteiger partial charge < -0.3 is 10.6 Å². The fourth-order valence-electron chi connectivity index (χ4n) is 2.13. The Kier molecular flexibility index (Phi) is 2.41. The van der Waals surface area contributed by atoms with E-state index in [4.69, 9.17) is 5.73 Å². The molecule has 0 aliphatic carbocycles. The van der Waals surface area contributed by atoms with Gasteiger partial charge in [-0.2, -0.15) is 0 Å². The number of nitrogens with two attached hydrogens (primary N) is 1. The highest BCUT2D eigenvalue weighted by molar-refractivity contribution is 5.91. The van der Waals surface area contributed by atoms with Gasteiger partial charge in [-0.25, -0.2) is 18.3 Å². The molecule has 1 aliphatic heterocycles. The van der Waals surface area contributed by atoms with Crippen LogP contribution >= 0.6 is 0 Å². The number of halogens is 2. The van der Waals surface area contributed by atoms with E-state index in [-0.39, 0.29) is 25.2 Å². The molecule has 0 atom stereocenters. The summed E-state index contributed by atoms with van der Waals surface area (Å²) in [6.45, 7) is -0.141. The summed E-state index contributed by atoms with van der Waals surface area (Å²) >= 11 is 0. The van der Waals surface area contributed by atoms with Crippen LogP contribution in [0.1, 0.15) is 16.9 Å². The molecule has 3 heterocycles. The molecule has 2 N–H and O–H groups in total. The van der Waals surface area contributed by atoms with Gasteiger partial charge in [0.25, 0.3) is 11.8 Å². The molecule has 1 aliphatic rings. The molecule has 0 aromatic carbocycles. The van der Waals surface area contributed by atoms with Crippen LogP contribution in [0.4, 0.5) is 14.6 Å². The topological polar surface area (TPSA) is 76.5 Å². The van der Waals surface area contributed by atoms with Crippen molar-refractivity contribution in [2.24, 2.45) is 5.73 Å². The number of hydrogen-bond donors (Lipinski definition) is 1. The molecular weight excluding hydrogens is 256 g/mol.